The van der Waals surface area contributed by atoms with E-state index in [-0.39, 0.29) is 0 Å². The third kappa shape index (κ3) is 3.67. The van der Waals surface area contributed by atoms with E-state index >= 15 is 0 Å². The predicted molar refractivity (Wildman–Crippen MR) is 70.1 cm³/mol. The number of nitrogens with one attached hydrogen (secondary N) is 1. The standard InChI is InChI=1S/C12H22N2OS/c1-9(2)7-11-8-16-12(14-11)13-10-3-5-15-6-4-10/h9-11H,3-8H2,1-2H3,(H,13,14). The monoisotopic (exact) mass is 242 g/mol. The van der Waals surface area contributed by atoms with E-state index in [1.165, 1.54) is 6.42 Å². The van der Waals surface area contributed by atoms with Crippen LogP contribution in [0.1, 0.15) is 33.1 Å². The number of amidine groups is 1. The second-order valence-corrected chi connectivity index (χ2v) is 6.07. The van der Waals surface area contributed by atoms with Crippen molar-refractivity contribution in [1.29, 1.82) is 0 Å². The van der Waals surface area contributed by atoms with Gasteiger partial charge in [-0.2, -0.15) is 0 Å². The highest BCUT2D eigenvalue weighted by Gasteiger charge is 2.22. The van der Waals surface area contributed by atoms with Crippen molar-refractivity contribution >= 4 is 16.9 Å². The lowest BCUT2D eigenvalue weighted by atomic mass is 10.1. The summed E-state index contributed by atoms with van der Waals surface area (Å²) in [5, 5.41) is 4.72. The van der Waals surface area contributed by atoms with Gasteiger partial charge in [0.05, 0.1) is 6.04 Å². The molecule has 92 valence electrons. The van der Waals surface area contributed by atoms with Gasteiger partial charge < -0.3 is 10.1 Å². The van der Waals surface area contributed by atoms with Gasteiger partial charge in [0.1, 0.15) is 0 Å². The molecule has 1 unspecified atom stereocenters. The van der Waals surface area contributed by atoms with Gasteiger partial charge in [0.25, 0.3) is 0 Å². The molecule has 1 fully saturated rings. The quantitative estimate of drug-likeness (QED) is 0.824. The molecule has 2 heterocycles. The van der Waals surface area contributed by atoms with Crippen LogP contribution in [-0.2, 0) is 4.74 Å². The maximum absolute atomic E-state index is 5.35. The number of rotatable bonds is 3. The fraction of sp³-hybridized carbons (Fsp3) is 0.917. The third-order valence-corrected chi connectivity index (χ3v) is 4.05. The summed E-state index contributed by atoms with van der Waals surface area (Å²) in [5.41, 5.74) is 0. The van der Waals surface area contributed by atoms with E-state index in [0.29, 0.717) is 12.1 Å². The zero-order chi connectivity index (χ0) is 11.4. The Morgan fingerprint density at radius 2 is 2.19 bits per heavy atom. The Labute approximate surface area is 102 Å². The second-order valence-electron chi connectivity index (χ2n) is 5.06. The van der Waals surface area contributed by atoms with Crippen LogP contribution in [0.3, 0.4) is 0 Å². The third-order valence-electron chi connectivity index (χ3n) is 3.00. The summed E-state index contributed by atoms with van der Waals surface area (Å²) in [6, 6.07) is 1.12. The highest BCUT2D eigenvalue weighted by molar-refractivity contribution is 8.14. The summed E-state index contributed by atoms with van der Waals surface area (Å²) in [7, 11) is 0. The van der Waals surface area contributed by atoms with Crippen LogP contribution in [0.4, 0.5) is 0 Å². The molecule has 0 aromatic heterocycles. The first-order valence-electron chi connectivity index (χ1n) is 6.29. The molecule has 0 aromatic carbocycles. The average Bonchev–Trinajstić information content (AvgIpc) is 2.66. The largest absolute Gasteiger partial charge is 0.381 e. The number of nitrogens with zero attached hydrogens (tertiary/aromatic N) is 1. The van der Waals surface area contributed by atoms with Crippen LogP contribution in [0.15, 0.2) is 4.99 Å². The van der Waals surface area contributed by atoms with Gasteiger partial charge in [0.2, 0.25) is 0 Å². The van der Waals surface area contributed by atoms with Gasteiger partial charge >= 0.3 is 0 Å². The Hall–Kier alpha value is -0.220. The normalized spacial score (nSPS) is 27.2. The average molecular weight is 242 g/mol. The van der Waals surface area contributed by atoms with Crippen LogP contribution in [-0.4, -0.2) is 36.2 Å². The zero-order valence-corrected chi connectivity index (χ0v) is 11.1. The molecule has 0 aromatic rings. The molecule has 0 bridgehead atoms. The van der Waals surface area contributed by atoms with Gasteiger partial charge in [-0.15, -0.1) is 0 Å². The summed E-state index contributed by atoms with van der Waals surface area (Å²) in [6.45, 7) is 6.32. The van der Waals surface area contributed by atoms with Crippen LogP contribution in [0, 0.1) is 5.92 Å². The minimum Gasteiger partial charge on any atom is -0.381 e. The lowest BCUT2D eigenvalue weighted by Crippen LogP contribution is -2.37. The van der Waals surface area contributed by atoms with Crippen molar-refractivity contribution in [3.05, 3.63) is 0 Å². The van der Waals surface area contributed by atoms with Crippen molar-refractivity contribution in [3.63, 3.8) is 0 Å². The van der Waals surface area contributed by atoms with Crippen molar-refractivity contribution in [2.75, 3.05) is 19.0 Å². The number of thioether (sulfide) groups is 1. The maximum Gasteiger partial charge on any atom is 0.157 e. The molecule has 1 saturated heterocycles. The number of hydrogen-bond acceptors (Lipinski definition) is 4. The molecule has 2 aliphatic heterocycles. The minimum absolute atomic E-state index is 0.535. The fourth-order valence-electron chi connectivity index (χ4n) is 2.18. The van der Waals surface area contributed by atoms with Crippen LogP contribution in [0.25, 0.3) is 0 Å². The van der Waals surface area contributed by atoms with Crippen LogP contribution >= 0.6 is 11.8 Å². The van der Waals surface area contributed by atoms with Crippen molar-refractivity contribution < 1.29 is 4.74 Å². The fourth-order valence-corrected chi connectivity index (χ4v) is 3.21. The van der Waals surface area contributed by atoms with Crippen LogP contribution < -0.4 is 5.32 Å². The van der Waals surface area contributed by atoms with Gasteiger partial charge in [-0.1, -0.05) is 25.6 Å². The SMILES string of the molecule is CC(C)CC1CSC(NC2CCOCC2)=N1. The number of aliphatic imine (C=N–C) groups is 1. The van der Waals surface area contributed by atoms with Crippen molar-refractivity contribution in [1.82, 2.24) is 5.32 Å². The smallest absolute Gasteiger partial charge is 0.157 e. The Morgan fingerprint density at radius 3 is 2.88 bits per heavy atom. The van der Waals surface area contributed by atoms with Gasteiger partial charge in [-0.3, -0.25) is 4.99 Å². The molecule has 0 saturated carbocycles. The molecule has 3 nitrogen and oxygen atoms in total. The van der Waals surface area contributed by atoms with Crippen molar-refractivity contribution in [2.24, 2.45) is 10.9 Å². The molecule has 0 radical (unpaired) electrons. The Balaban J connectivity index is 1.77. The first kappa shape index (κ1) is 12.2. The molecule has 0 spiro atoms. The van der Waals surface area contributed by atoms with E-state index in [4.69, 9.17) is 9.73 Å². The Morgan fingerprint density at radius 1 is 1.44 bits per heavy atom. The summed E-state index contributed by atoms with van der Waals surface area (Å²) < 4.78 is 5.35. The molecule has 0 amide bonds. The van der Waals surface area contributed by atoms with E-state index in [1.54, 1.807) is 0 Å². The lowest BCUT2D eigenvalue weighted by Gasteiger charge is -2.23. The van der Waals surface area contributed by atoms with Crippen LogP contribution in [0.5, 0.6) is 0 Å². The molecule has 16 heavy (non-hydrogen) atoms. The summed E-state index contributed by atoms with van der Waals surface area (Å²) >= 11 is 1.88. The maximum atomic E-state index is 5.35. The van der Waals surface area contributed by atoms with E-state index in [0.717, 1.165) is 42.9 Å². The van der Waals surface area contributed by atoms with Crippen LogP contribution in [0.2, 0.25) is 0 Å². The molecule has 0 aliphatic carbocycles. The molecule has 1 N–H and O–H groups in total. The van der Waals surface area contributed by atoms with Gasteiger partial charge in [0.15, 0.2) is 5.17 Å². The van der Waals surface area contributed by atoms with Crippen molar-refractivity contribution in [3.8, 4) is 0 Å². The predicted octanol–water partition coefficient (Wildman–Crippen LogP) is 2.27. The first-order chi connectivity index (χ1) is 7.74. The van der Waals surface area contributed by atoms with Gasteiger partial charge in [-0.25, -0.2) is 0 Å². The van der Waals surface area contributed by atoms with E-state index in [9.17, 15) is 0 Å². The highest BCUT2D eigenvalue weighted by atomic mass is 32.2. The van der Waals surface area contributed by atoms with E-state index in [1.807, 2.05) is 11.8 Å². The van der Waals surface area contributed by atoms with Gasteiger partial charge in [-0.05, 0) is 25.2 Å². The lowest BCUT2D eigenvalue weighted by molar-refractivity contribution is 0.0826. The number of ether oxygens (including phenoxy) is 1. The Kier molecular flexibility index (Phi) is 4.53. The molecule has 2 aliphatic rings. The summed E-state index contributed by atoms with van der Waals surface area (Å²) in [5.74, 6) is 1.90. The highest BCUT2D eigenvalue weighted by Crippen LogP contribution is 2.22. The molecular formula is C12H22N2OS. The summed E-state index contributed by atoms with van der Waals surface area (Å²) in [4.78, 5) is 4.75. The van der Waals surface area contributed by atoms with Gasteiger partial charge in [0, 0.05) is 25.0 Å². The first-order valence-corrected chi connectivity index (χ1v) is 7.27. The zero-order valence-electron chi connectivity index (χ0n) is 10.2. The topological polar surface area (TPSA) is 33.6 Å². The second kappa shape index (κ2) is 5.92. The Bertz CT molecular complexity index is 249. The molecular weight excluding hydrogens is 220 g/mol. The number of hydrogen-bond donors (Lipinski definition) is 1. The van der Waals surface area contributed by atoms with Crippen molar-refractivity contribution in [2.45, 2.75) is 45.2 Å². The summed E-state index contributed by atoms with van der Waals surface area (Å²) in [6.07, 6.45) is 3.45. The van der Waals surface area contributed by atoms with E-state index in [2.05, 4.69) is 19.2 Å². The molecule has 2 rings (SSSR count). The minimum atomic E-state index is 0.535. The molecule has 4 heteroatoms. The van der Waals surface area contributed by atoms with E-state index < -0.39 is 0 Å². The molecule has 1 atom stereocenters.